The molecule has 0 radical (unpaired) electrons. The van der Waals surface area contributed by atoms with E-state index in [2.05, 4.69) is 10.1 Å². The lowest BCUT2D eigenvalue weighted by Crippen LogP contribution is -2.30. The molecule has 2 aliphatic rings. The molecule has 6 nitrogen and oxygen atoms in total. The van der Waals surface area contributed by atoms with E-state index in [1.165, 1.54) is 32.1 Å². The molecule has 1 aliphatic carbocycles. The van der Waals surface area contributed by atoms with Crippen molar-refractivity contribution in [3.05, 3.63) is 11.7 Å². The molecule has 1 saturated carbocycles. The first-order valence-electron chi connectivity index (χ1n) is 8.35. The van der Waals surface area contributed by atoms with Gasteiger partial charge in [0.25, 0.3) is 5.89 Å². The van der Waals surface area contributed by atoms with Crippen molar-refractivity contribution >= 4 is 5.91 Å². The van der Waals surface area contributed by atoms with Gasteiger partial charge in [0.05, 0.1) is 0 Å². The lowest BCUT2D eigenvalue weighted by Gasteiger charge is -2.24. The van der Waals surface area contributed by atoms with Gasteiger partial charge in [-0.2, -0.15) is 4.98 Å². The van der Waals surface area contributed by atoms with E-state index in [9.17, 15) is 4.79 Å². The predicted molar refractivity (Wildman–Crippen MR) is 80.1 cm³/mol. The standard InChI is InChI=1S/C16H25N3O3/c1-21-11-14-17-16(18-22-14)13-7-8-19(10-13)15(20)9-12-5-3-2-4-6-12/h12-13H,2-11H2,1H3. The molecule has 122 valence electrons. The molecular weight excluding hydrogens is 282 g/mol. The number of carbonyl (C=O) groups excluding carboxylic acids is 1. The third-order valence-electron chi connectivity index (χ3n) is 4.85. The first kappa shape index (κ1) is 15.5. The smallest absolute Gasteiger partial charge is 0.252 e. The first-order valence-corrected chi connectivity index (χ1v) is 8.35. The lowest BCUT2D eigenvalue weighted by atomic mass is 9.87. The molecule has 0 aromatic carbocycles. The average molecular weight is 307 g/mol. The van der Waals surface area contributed by atoms with Crippen LogP contribution in [0.5, 0.6) is 0 Å². The maximum absolute atomic E-state index is 12.4. The monoisotopic (exact) mass is 307 g/mol. The minimum atomic E-state index is 0.199. The highest BCUT2D eigenvalue weighted by Gasteiger charge is 2.31. The third-order valence-corrected chi connectivity index (χ3v) is 4.85. The largest absolute Gasteiger partial charge is 0.375 e. The van der Waals surface area contributed by atoms with Gasteiger partial charge in [0.2, 0.25) is 5.91 Å². The number of methoxy groups -OCH3 is 1. The van der Waals surface area contributed by atoms with Gasteiger partial charge < -0.3 is 14.2 Å². The van der Waals surface area contributed by atoms with Crippen LogP contribution in [0.25, 0.3) is 0 Å². The maximum Gasteiger partial charge on any atom is 0.252 e. The Bertz CT molecular complexity index is 497. The molecule has 22 heavy (non-hydrogen) atoms. The second-order valence-electron chi connectivity index (χ2n) is 6.51. The fourth-order valence-corrected chi connectivity index (χ4v) is 3.58. The highest BCUT2D eigenvalue weighted by atomic mass is 16.5. The van der Waals surface area contributed by atoms with Gasteiger partial charge in [0.15, 0.2) is 5.82 Å². The number of nitrogens with zero attached hydrogens (tertiary/aromatic N) is 3. The number of ether oxygens (including phenoxy) is 1. The van der Waals surface area contributed by atoms with Crippen LogP contribution in [0, 0.1) is 5.92 Å². The van der Waals surface area contributed by atoms with Gasteiger partial charge >= 0.3 is 0 Å². The number of likely N-dealkylation sites (tertiary alicyclic amines) is 1. The number of hydrogen-bond acceptors (Lipinski definition) is 5. The zero-order valence-electron chi connectivity index (χ0n) is 13.3. The van der Waals surface area contributed by atoms with E-state index < -0.39 is 0 Å². The molecular formula is C16H25N3O3. The summed E-state index contributed by atoms with van der Waals surface area (Å²) in [6.45, 7) is 1.87. The van der Waals surface area contributed by atoms with Crippen LogP contribution >= 0.6 is 0 Å². The van der Waals surface area contributed by atoms with Crippen LogP contribution in [0.2, 0.25) is 0 Å². The number of amides is 1. The van der Waals surface area contributed by atoms with Gasteiger partial charge in [-0.3, -0.25) is 4.79 Å². The van der Waals surface area contributed by atoms with E-state index >= 15 is 0 Å². The summed E-state index contributed by atoms with van der Waals surface area (Å²) in [6.07, 6.45) is 7.97. The van der Waals surface area contributed by atoms with E-state index in [4.69, 9.17) is 9.26 Å². The Labute approximate surface area is 131 Å². The van der Waals surface area contributed by atoms with E-state index in [-0.39, 0.29) is 5.92 Å². The van der Waals surface area contributed by atoms with E-state index in [0.717, 1.165) is 19.5 Å². The molecule has 1 unspecified atom stereocenters. The highest BCUT2D eigenvalue weighted by molar-refractivity contribution is 5.76. The normalized spacial score (nSPS) is 23.1. The van der Waals surface area contributed by atoms with Crippen LogP contribution in [0.4, 0.5) is 0 Å². The number of carbonyl (C=O) groups is 1. The molecule has 3 rings (SSSR count). The van der Waals surface area contributed by atoms with Crippen molar-refractivity contribution in [1.29, 1.82) is 0 Å². The second kappa shape index (κ2) is 7.22. The number of rotatable bonds is 5. The molecule has 1 amide bonds. The quantitative estimate of drug-likeness (QED) is 0.836. The zero-order chi connectivity index (χ0) is 15.4. The summed E-state index contributed by atoms with van der Waals surface area (Å²) in [5.41, 5.74) is 0. The fourth-order valence-electron chi connectivity index (χ4n) is 3.58. The zero-order valence-corrected chi connectivity index (χ0v) is 13.3. The third kappa shape index (κ3) is 3.66. The second-order valence-corrected chi connectivity index (χ2v) is 6.51. The first-order chi connectivity index (χ1) is 10.8. The summed E-state index contributed by atoms with van der Waals surface area (Å²) < 4.78 is 10.1. The Hall–Kier alpha value is -1.43. The van der Waals surface area contributed by atoms with Crippen molar-refractivity contribution in [2.45, 2.75) is 57.5 Å². The van der Waals surface area contributed by atoms with Crippen molar-refractivity contribution in [3.8, 4) is 0 Å². The highest BCUT2D eigenvalue weighted by Crippen LogP contribution is 2.30. The van der Waals surface area contributed by atoms with Gasteiger partial charge in [-0.05, 0) is 25.2 Å². The fraction of sp³-hybridized carbons (Fsp3) is 0.812. The topological polar surface area (TPSA) is 68.5 Å². The van der Waals surface area contributed by atoms with Crippen LogP contribution in [-0.2, 0) is 16.1 Å². The van der Waals surface area contributed by atoms with Crippen LogP contribution < -0.4 is 0 Å². The van der Waals surface area contributed by atoms with Crippen LogP contribution in [-0.4, -0.2) is 41.1 Å². The maximum atomic E-state index is 12.4. The Balaban J connectivity index is 1.51. The van der Waals surface area contributed by atoms with Crippen molar-refractivity contribution in [1.82, 2.24) is 15.0 Å². The summed E-state index contributed by atoms with van der Waals surface area (Å²) in [6, 6.07) is 0. The Morgan fingerprint density at radius 1 is 1.32 bits per heavy atom. The van der Waals surface area contributed by atoms with Gasteiger partial charge in [0, 0.05) is 32.5 Å². The molecule has 1 aliphatic heterocycles. The summed E-state index contributed by atoms with van der Waals surface area (Å²) >= 11 is 0. The van der Waals surface area contributed by atoms with Crippen LogP contribution in [0.15, 0.2) is 4.52 Å². The predicted octanol–water partition coefficient (Wildman–Crippen LogP) is 2.50. The molecule has 1 saturated heterocycles. The molecule has 1 aromatic heterocycles. The minimum absolute atomic E-state index is 0.199. The molecule has 0 N–H and O–H groups in total. The van der Waals surface area contributed by atoms with E-state index in [1.54, 1.807) is 7.11 Å². The van der Waals surface area contributed by atoms with Crippen LogP contribution in [0.3, 0.4) is 0 Å². The van der Waals surface area contributed by atoms with Gasteiger partial charge in [-0.15, -0.1) is 0 Å². The Morgan fingerprint density at radius 3 is 2.91 bits per heavy atom. The van der Waals surface area contributed by atoms with Gasteiger partial charge in [-0.1, -0.05) is 24.4 Å². The van der Waals surface area contributed by atoms with E-state index in [0.29, 0.717) is 36.6 Å². The number of hydrogen-bond donors (Lipinski definition) is 0. The lowest BCUT2D eigenvalue weighted by molar-refractivity contribution is -0.131. The van der Waals surface area contributed by atoms with E-state index in [1.807, 2.05) is 4.90 Å². The minimum Gasteiger partial charge on any atom is -0.375 e. The Morgan fingerprint density at radius 2 is 2.14 bits per heavy atom. The summed E-state index contributed by atoms with van der Waals surface area (Å²) in [7, 11) is 1.60. The molecule has 0 spiro atoms. The molecule has 6 heteroatoms. The SMILES string of the molecule is COCc1nc(C2CCN(C(=O)CC3CCCCC3)C2)no1. The van der Waals surface area contributed by atoms with Crippen molar-refractivity contribution in [2.24, 2.45) is 5.92 Å². The Kier molecular flexibility index (Phi) is 5.08. The van der Waals surface area contributed by atoms with Crippen molar-refractivity contribution < 1.29 is 14.1 Å². The molecule has 0 bridgehead atoms. The van der Waals surface area contributed by atoms with Crippen molar-refractivity contribution in [2.75, 3.05) is 20.2 Å². The molecule has 1 aromatic rings. The molecule has 2 fully saturated rings. The average Bonchev–Trinajstić information content (AvgIpc) is 3.17. The summed E-state index contributed by atoms with van der Waals surface area (Å²) in [5, 5.41) is 4.02. The van der Waals surface area contributed by atoms with Crippen molar-refractivity contribution in [3.63, 3.8) is 0 Å². The van der Waals surface area contributed by atoms with Gasteiger partial charge in [0.1, 0.15) is 6.61 Å². The van der Waals surface area contributed by atoms with Gasteiger partial charge in [-0.25, -0.2) is 0 Å². The molecule has 1 atom stereocenters. The summed E-state index contributed by atoms with van der Waals surface area (Å²) in [5.74, 6) is 2.31. The van der Waals surface area contributed by atoms with Crippen LogP contribution in [0.1, 0.15) is 62.6 Å². The summed E-state index contributed by atoms with van der Waals surface area (Å²) in [4.78, 5) is 18.8. The molecule has 2 heterocycles. The number of aromatic nitrogens is 2.